The maximum absolute atomic E-state index is 12.8. The number of carbonyl (C=O) groups excluding carboxylic acids is 2. The van der Waals surface area contributed by atoms with Crippen LogP contribution in [-0.2, 0) is 11.2 Å². The summed E-state index contributed by atoms with van der Waals surface area (Å²) in [4.78, 5) is 27.2. The minimum Gasteiger partial charge on any atom is -0.497 e. The molecule has 0 aliphatic carbocycles. The van der Waals surface area contributed by atoms with Gasteiger partial charge in [0.15, 0.2) is 0 Å². The van der Waals surface area contributed by atoms with E-state index in [-0.39, 0.29) is 17.2 Å². The number of unbranched alkanes of at least 4 members (excludes halogenated alkanes) is 1. The molecule has 1 aliphatic heterocycles. The summed E-state index contributed by atoms with van der Waals surface area (Å²) in [5, 5.41) is 2.85. The molecule has 1 N–H and O–H groups in total. The maximum Gasteiger partial charge on any atom is 0.255 e. The zero-order valence-electron chi connectivity index (χ0n) is 18.9. The Hall–Kier alpha value is -3.25. The largest absolute Gasteiger partial charge is 0.497 e. The third-order valence-corrected chi connectivity index (χ3v) is 6.90. The van der Waals surface area contributed by atoms with Crippen molar-refractivity contribution >= 4 is 35.0 Å². The highest BCUT2D eigenvalue weighted by molar-refractivity contribution is 8.00. The van der Waals surface area contributed by atoms with E-state index in [1.54, 1.807) is 23.8 Å². The quantitative estimate of drug-likeness (QED) is 0.443. The molecule has 0 bridgehead atoms. The van der Waals surface area contributed by atoms with Gasteiger partial charge in [-0.3, -0.25) is 14.5 Å². The number of hydrogen-bond donors (Lipinski definition) is 1. The van der Waals surface area contributed by atoms with Crippen molar-refractivity contribution in [1.82, 2.24) is 0 Å². The average Bonchev–Trinajstić information content (AvgIpc) is 3.24. The molecule has 1 fully saturated rings. The van der Waals surface area contributed by atoms with E-state index in [2.05, 4.69) is 12.2 Å². The molecule has 170 valence electrons. The van der Waals surface area contributed by atoms with E-state index in [9.17, 15) is 9.59 Å². The maximum atomic E-state index is 12.8. The highest BCUT2D eigenvalue weighted by Gasteiger charge is 2.34. The first-order chi connectivity index (χ1) is 16.1. The van der Waals surface area contributed by atoms with Gasteiger partial charge in [-0.2, -0.15) is 0 Å². The Morgan fingerprint density at radius 2 is 1.85 bits per heavy atom. The van der Waals surface area contributed by atoms with Crippen LogP contribution < -0.4 is 15.0 Å². The molecule has 0 saturated carbocycles. The monoisotopic (exact) mass is 460 g/mol. The summed E-state index contributed by atoms with van der Waals surface area (Å²) in [7, 11) is 1.62. The standard InChI is InChI=1S/C27H28N2O3S/c1-3-4-6-19-9-11-20(12-10-19)26(31)28-22-8-5-7-21(17-22)27-29(25(30)18-33-27)23-13-15-24(32-2)16-14-23/h5,7-17,27H,3-4,6,18H2,1-2H3,(H,28,31)/t27-/m1/s1. The molecule has 5 nitrogen and oxygen atoms in total. The Kier molecular flexibility index (Phi) is 7.35. The third-order valence-electron chi connectivity index (χ3n) is 5.68. The zero-order valence-corrected chi connectivity index (χ0v) is 19.7. The van der Waals surface area contributed by atoms with Gasteiger partial charge in [-0.05, 0) is 72.5 Å². The van der Waals surface area contributed by atoms with Gasteiger partial charge in [-0.25, -0.2) is 0 Å². The van der Waals surface area contributed by atoms with Crippen molar-refractivity contribution in [3.8, 4) is 5.75 Å². The topological polar surface area (TPSA) is 58.6 Å². The van der Waals surface area contributed by atoms with Gasteiger partial charge in [0, 0.05) is 16.9 Å². The highest BCUT2D eigenvalue weighted by Crippen LogP contribution is 2.42. The SMILES string of the molecule is CCCCc1ccc(C(=O)Nc2cccc([C@H]3SCC(=O)N3c3ccc(OC)cc3)c2)cc1. The van der Waals surface area contributed by atoms with E-state index in [1.165, 1.54) is 5.56 Å². The number of ether oxygens (including phenoxy) is 1. The predicted octanol–water partition coefficient (Wildman–Crippen LogP) is 6.07. The number of amides is 2. The lowest BCUT2D eigenvalue weighted by Gasteiger charge is -2.25. The number of methoxy groups -OCH3 is 1. The van der Waals surface area contributed by atoms with Crippen LogP contribution in [0.3, 0.4) is 0 Å². The summed E-state index contributed by atoms with van der Waals surface area (Å²) in [5.41, 5.74) is 4.38. The van der Waals surface area contributed by atoms with E-state index < -0.39 is 0 Å². The molecule has 0 unspecified atom stereocenters. The van der Waals surface area contributed by atoms with E-state index in [0.717, 1.165) is 36.3 Å². The van der Waals surface area contributed by atoms with Crippen molar-refractivity contribution in [3.05, 3.63) is 89.5 Å². The number of benzene rings is 3. The minimum absolute atomic E-state index is 0.0627. The Morgan fingerprint density at radius 3 is 2.55 bits per heavy atom. The fraction of sp³-hybridized carbons (Fsp3) is 0.259. The van der Waals surface area contributed by atoms with Crippen LogP contribution in [0.25, 0.3) is 0 Å². The van der Waals surface area contributed by atoms with E-state index in [4.69, 9.17) is 4.74 Å². The van der Waals surface area contributed by atoms with Gasteiger partial charge in [-0.15, -0.1) is 11.8 Å². The number of nitrogens with one attached hydrogen (secondary N) is 1. The summed E-state index contributed by atoms with van der Waals surface area (Å²) < 4.78 is 5.23. The molecule has 1 aliphatic rings. The molecule has 0 radical (unpaired) electrons. The number of nitrogens with zero attached hydrogens (tertiary/aromatic N) is 1. The van der Waals surface area contributed by atoms with Crippen molar-refractivity contribution in [3.63, 3.8) is 0 Å². The number of rotatable bonds is 8. The number of aryl methyl sites for hydroxylation is 1. The summed E-state index contributed by atoms with van der Waals surface area (Å²) in [6.07, 6.45) is 3.33. The zero-order chi connectivity index (χ0) is 23.2. The average molecular weight is 461 g/mol. The number of anilines is 2. The number of thioether (sulfide) groups is 1. The molecule has 1 atom stereocenters. The molecule has 1 heterocycles. The summed E-state index contributed by atoms with van der Waals surface area (Å²) >= 11 is 1.58. The third kappa shape index (κ3) is 5.40. The Bertz CT molecular complexity index is 1110. The molecule has 33 heavy (non-hydrogen) atoms. The molecule has 1 saturated heterocycles. The Labute approximate surface area is 199 Å². The molecule has 6 heteroatoms. The second-order valence-electron chi connectivity index (χ2n) is 8.01. The lowest BCUT2D eigenvalue weighted by molar-refractivity contribution is -0.115. The van der Waals surface area contributed by atoms with E-state index >= 15 is 0 Å². The molecule has 3 aromatic rings. The molecular weight excluding hydrogens is 432 g/mol. The first-order valence-corrected chi connectivity index (χ1v) is 12.2. The highest BCUT2D eigenvalue weighted by atomic mass is 32.2. The predicted molar refractivity (Wildman–Crippen MR) is 135 cm³/mol. The van der Waals surface area contributed by atoms with E-state index in [1.807, 2.05) is 72.8 Å². The second-order valence-corrected chi connectivity index (χ2v) is 9.07. The Morgan fingerprint density at radius 1 is 1.09 bits per heavy atom. The lowest BCUT2D eigenvalue weighted by atomic mass is 10.1. The van der Waals surface area contributed by atoms with Gasteiger partial charge in [-0.1, -0.05) is 37.6 Å². The van der Waals surface area contributed by atoms with Crippen LogP contribution in [0.5, 0.6) is 5.75 Å². The van der Waals surface area contributed by atoms with Crippen LogP contribution in [0.15, 0.2) is 72.8 Å². The van der Waals surface area contributed by atoms with Crippen LogP contribution in [0.1, 0.15) is 46.6 Å². The van der Waals surface area contributed by atoms with Crippen LogP contribution in [0.4, 0.5) is 11.4 Å². The van der Waals surface area contributed by atoms with Gasteiger partial charge < -0.3 is 10.1 Å². The number of hydrogen-bond acceptors (Lipinski definition) is 4. The fourth-order valence-electron chi connectivity index (χ4n) is 3.87. The van der Waals surface area contributed by atoms with Crippen LogP contribution in [0, 0.1) is 0 Å². The van der Waals surface area contributed by atoms with Crippen molar-refractivity contribution in [2.24, 2.45) is 0 Å². The summed E-state index contributed by atoms with van der Waals surface area (Å²) in [6.45, 7) is 2.17. The fourth-order valence-corrected chi connectivity index (χ4v) is 5.04. The summed E-state index contributed by atoms with van der Waals surface area (Å²) in [5.74, 6) is 1.08. The van der Waals surface area contributed by atoms with Gasteiger partial charge in [0.05, 0.1) is 12.9 Å². The smallest absolute Gasteiger partial charge is 0.255 e. The van der Waals surface area contributed by atoms with Gasteiger partial charge in [0.25, 0.3) is 5.91 Å². The van der Waals surface area contributed by atoms with Gasteiger partial charge >= 0.3 is 0 Å². The van der Waals surface area contributed by atoms with Crippen molar-refractivity contribution in [1.29, 1.82) is 0 Å². The van der Waals surface area contributed by atoms with Gasteiger partial charge in [0.2, 0.25) is 5.91 Å². The molecular formula is C27H28N2O3S. The van der Waals surface area contributed by atoms with Crippen molar-refractivity contribution in [2.75, 3.05) is 23.1 Å². The van der Waals surface area contributed by atoms with E-state index in [0.29, 0.717) is 17.0 Å². The number of carbonyl (C=O) groups is 2. The first kappa shape index (κ1) is 22.9. The van der Waals surface area contributed by atoms with Gasteiger partial charge in [0.1, 0.15) is 11.1 Å². The van der Waals surface area contributed by atoms with Crippen LogP contribution in [0.2, 0.25) is 0 Å². The molecule has 0 spiro atoms. The molecule has 3 aromatic carbocycles. The lowest BCUT2D eigenvalue weighted by Crippen LogP contribution is -2.27. The normalized spacial score (nSPS) is 15.5. The first-order valence-electron chi connectivity index (χ1n) is 11.2. The second kappa shape index (κ2) is 10.6. The Balaban J connectivity index is 1.49. The minimum atomic E-state index is -0.152. The van der Waals surface area contributed by atoms with Crippen molar-refractivity contribution < 1.29 is 14.3 Å². The van der Waals surface area contributed by atoms with Crippen molar-refractivity contribution in [2.45, 2.75) is 31.6 Å². The molecule has 0 aromatic heterocycles. The molecule has 4 rings (SSSR count). The van der Waals surface area contributed by atoms with Crippen LogP contribution >= 0.6 is 11.8 Å². The van der Waals surface area contributed by atoms with Crippen LogP contribution in [-0.4, -0.2) is 24.7 Å². The summed E-state index contributed by atoms with van der Waals surface area (Å²) in [6, 6.07) is 23.0. The molecule has 2 amide bonds.